The van der Waals surface area contributed by atoms with E-state index in [9.17, 15) is 19.8 Å². The summed E-state index contributed by atoms with van der Waals surface area (Å²) in [7, 11) is 1.58. The number of carbonyl (C=O) groups is 2. The van der Waals surface area contributed by atoms with Gasteiger partial charge in [0.1, 0.15) is 34.7 Å². The van der Waals surface area contributed by atoms with Crippen LogP contribution in [0.1, 0.15) is 35.4 Å². The first-order valence-electron chi connectivity index (χ1n) is 8.17. The van der Waals surface area contributed by atoms with E-state index in [1.807, 2.05) is 0 Å². The van der Waals surface area contributed by atoms with Crippen molar-refractivity contribution in [3.63, 3.8) is 0 Å². The van der Waals surface area contributed by atoms with Gasteiger partial charge in [0, 0.05) is 25.7 Å². The summed E-state index contributed by atoms with van der Waals surface area (Å²) in [5, 5.41) is 19.6. The summed E-state index contributed by atoms with van der Waals surface area (Å²) in [6, 6.07) is 8.99. The molecule has 7 heteroatoms. The van der Waals surface area contributed by atoms with Crippen LogP contribution >= 0.6 is 0 Å². The maximum atomic E-state index is 12.4. The van der Waals surface area contributed by atoms with Crippen LogP contribution in [0, 0.1) is 0 Å². The molecule has 26 heavy (non-hydrogen) atoms. The van der Waals surface area contributed by atoms with E-state index in [1.54, 1.807) is 26.1 Å². The van der Waals surface area contributed by atoms with Gasteiger partial charge in [-0.15, -0.1) is 0 Å². The van der Waals surface area contributed by atoms with Gasteiger partial charge in [-0.1, -0.05) is 12.1 Å². The lowest BCUT2D eigenvalue weighted by molar-refractivity contribution is 0.0845. The van der Waals surface area contributed by atoms with Gasteiger partial charge in [-0.2, -0.15) is 0 Å². The lowest BCUT2D eigenvalue weighted by Crippen LogP contribution is -2.29. The number of phenols is 2. The molecule has 3 rings (SSSR count). The van der Waals surface area contributed by atoms with E-state index in [2.05, 4.69) is 0 Å². The van der Waals surface area contributed by atoms with Gasteiger partial charge in [0.15, 0.2) is 5.78 Å². The fourth-order valence-electron chi connectivity index (χ4n) is 2.66. The Morgan fingerprint density at radius 2 is 1.96 bits per heavy atom. The summed E-state index contributed by atoms with van der Waals surface area (Å²) in [4.78, 5) is 25.7. The third kappa shape index (κ3) is 3.42. The van der Waals surface area contributed by atoms with E-state index in [0.717, 1.165) is 5.56 Å². The number of Topliss-reactive ketones (excluding diaryl/α,β-unsaturated/α-hetero) is 1. The zero-order chi connectivity index (χ0) is 18.8. The summed E-state index contributed by atoms with van der Waals surface area (Å²) in [6.07, 6.45) is -1.08. The van der Waals surface area contributed by atoms with Crippen LogP contribution in [0.3, 0.4) is 0 Å². The van der Waals surface area contributed by atoms with Crippen LogP contribution in [-0.2, 0) is 0 Å². The highest BCUT2D eigenvalue weighted by atomic mass is 16.6. The number of nitrogens with zero attached hydrogens (tertiary/aromatic N) is 1. The molecule has 0 radical (unpaired) electrons. The molecule has 7 nitrogen and oxygen atoms in total. The van der Waals surface area contributed by atoms with E-state index in [4.69, 9.17) is 9.47 Å². The van der Waals surface area contributed by atoms with Crippen LogP contribution in [0.4, 0.5) is 4.79 Å². The molecular weight excluding hydrogens is 338 g/mol. The Kier molecular flexibility index (Phi) is 4.71. The molecule has 1 aliphatic heterocycles. The van der Waals surface area contributed by atoms with Crippen molar-refractivity contribution in [1.29, 1.82) is 0 Å². The van der Waals surface area contributed by atoms with Crippen molar-refractivity contribution in [3.8, 4) is 23.0 Å². The molecule has 136 valence electrons. The monoisotopic (exact) mass is 357 g/mol. The van der Waals surface area contributed by atoms with Crippen molar-refractivity contribution in [3.05, 3.63) is 47.5 Å². The molecule has 1 atom stereocenters. The molecule has 2 aromatic carbocycles. The number of ketones is 1. The number of aromatic hydroxyl groups is 2. The Morgan fingerprint density at radius 1 is 1.27 bits per heavy atom. The van der Waals surface area contributed by atoms with Gasteiger partial charge in [-0.25, -0.2) is 4.79 Å². The lowest BCUT2D eigenvalue weighted by Gasteiger charge is -2.26. The summed E-state index contributed by atoms with van der Waals surface area (Å²) in [5.74, 6) is -0.209. The van der Waals surface area contributed by atoms with E-state index in [0.29, 0.717) is 6.54 Å². The Hall–Kier alpha value is -3.22. The maximum Gasteiger partial charge on any atom is 0.414 e. The molecular formula is C19H19NO6. The van der Waals surface area contributed by atoms with Crippen molar-refractivity contribution in [2.24, 2.45) is 0 Å². The second-order valence-corrected chi connectivity index (χ2v) is 6.02. The van der Waals surface area contributed by atoms with Crippen LogP contribution in [0.15, 0.2) is 36.4 Å². The summed E-state index contributed by atoms with van der Waals surface area (Å²) in [6.45, 7) is 2.27. The van der Waals surface area contributed by atoms with Crippen LogP contribution < -0.4 is 9.47 Å². The van der Waals surface area contributed by atoms with E-state index < -0.39 is 12.2 Å². The van der Waals surface area contributed by atoms with Gasteiger partial charge in [0.05, 0.1) is 6.42 Å². The predicted molar refractivity (Wildman–Crippen MR) is 92.9 cm³/mol. The smallest absolute Gasteiger partial charge is 0.414 e. The molecule has 0 aromatic heterocycles. The highest BCUT2D eigenvalue weighted by molar-refractivity contribution is 6.02. The number of hydrogen-bond donors (Lipinski definition) is 2. The zero-order valence-corrected chi connectivity index (χ0v) is 14.4. The standard InChI is InChI=1S/C19H19NO6/c1-3-20(2)19(24)25-13-8-14(22)18-15(23)10-16(26-17(18)9-13)11-4-6-12(21)7-5-11/h4-9,16,21-22H,3,10H2,1-2H3. The fraction of sp³-hybridized carbons (Fsp3) is 0.263. The van der Waals surface area contributed by atoms with E-state index in [1.165, 1.54) is 29.2 Å². The molecule has 1 amide bonds. The molecule has 2 aromatic rings. The average molecular weight is 357 g/mol. The predicted octanol–water partition coefficient (Wildman–Crippen LogP) is 3.25. The summed E-state index contributed by atoms with van der Waals surface area (Å²) < 4.78 is 11.1. The Bertz CT molecular complexity index is 846. The first-order valence-corrected chi connectivity index (χ1v) is 8.17. The number of fused-ring (bicyclic) bond motifs is 1. The van der Waals surface area contributed by atoms with Gasteiger partial charge < -0.3 is 24.6 Å². The molecule has 0 saturated carbocycles. The van der Waals surface area contributed by atoms with Gasteiger partial charge in [-0.3, -0.25) is 4.79 Å². The van der Waals surface area contributed by atoms with E-state index in [-0.39, 0.29) is 40.8 Å². The van der Waals surface area contributed by atoms with Crippen LogP contribution in [0.5, 0.6) is 23.0 Å². The number of carbonyl (C=O) groups excluding carboxylic acids is 2. The number of benzene rings is 2. The van der Waals surface area contributed by atoms with Crippen LogP contribution in [-0.4, -0.2) is 40.6 Å². The highest BCUT2D eigenvalue weighted by Crippen LogP contribution is 2.42. The average Bonchev–Trinajstić information content (AvgIpc) is 2.60. The minimum absolute atomic E-state index is 0.0586. The number of hydrogen-bond acceptors (Lipinski definition) is 6. The topological polar surface area (TPSA) is 96.3 Å². The molecule has 0 bridgehead atoms. The van der Waals surface area contributed by atoms with Crippen molar-refractivity contribution in [1.82, 2.24) is 4.90 Å². The number of amides is 1. The lowest BCUT2D eigenvalue weighted by atomic mass is 9.95. The normalized spacial score (nSPS) is 15.8. The second-order valence-electron chi connectivity index (χ2n) is 6.02. The molecule has 0 spiro atoms. The molecule has 0 saturated heterocycles. The van der Waals surface area contributed by atoms with Gasteiger partial charge in [-0.05, 0) is 24.6 Å². The summed E-state index contributed by atoms with van der Waals surface area (Å²) >= 11 is 0. The molecule has 1 unspecified atom stereocenters. The van der Waals surface area contributed by atoms with Crippen molar-refractivity contribution >= 4 is 11.9 Å². The largest absolute Gasteiger partial charge is 0.508 e. The zero-order valence-electron chi connectivity index (χ0n) is 14.4. The Labute approximate surface area is 150 Å². The third-order valence-corrected chi connectivity index (χ3v) is 4.23. The molecule has 1 heterocycles. The SMILES string of the molecule is CCN(C)C(=O)Oc1cc(O)c2c(c1)OC(c1ccc(O)cc1)CC2=O. The minimum Gasteiger partial charge on any atom is -0.508 e. The van der Waals surface area contributed by atoms with Crippen LogP contribution in [0.2, 0.25) is 0 Å². The third-order valence-electron chi connectivity index (χ3n) is 4.23. The van der Waals surface area contributed by atoms with Gasteiger partial charge in [0.2, 0.25) is 0 Å². The number of ether oxygens (including phenoxy) is 2. The second kappa shape index (κ2) is 6.95. The van der Waals surface area contributed by atoms with Crippen molar-refractivity contribution in [2.45, 2.75) is 19.4 Å². The molecule has 0 fully saturated rings. The molecule has 0 aliphatic carbocycles. The van der Waals surface area contributed by atoms with Gasteiger partial charge >= 0.3 is 6.09 Å². The fourth-order valence-corrected chi connectivity index (χ4v) is 2.66. The van der Waals surface area contributed by atoms with Gasteiger partial charge in [0.25, 0.3) is 0 Å². The summed E-state index contributed by atoms with van der Waals surface area (Å²) in [5.41, 5.74) is 0.790. The maximum absolute atomic E-state index is 12.4. The molecule has 1 aliphatic rings. The highest BCUT2D eigenvalue weighted by Gasteiger charge is 2.31. The quantitative estimate of drug-likeness (QED) is 0.875. The first kappa shape index (κ1) is 17.6. The molecule has 2 N–H and O–H groups in total. The Balaban J connectivity index is 1.90. The van der Waals surface area contributed by atoms with Crippen molar-refractivity contribution in [2.75, 3.05) is 13.6 Å². The number of rotatable bonds is 3. The Morgan fingerprint density at radius 3 is 2.62 bits per heavy atom. The van der Waals surface area contributed by atoms with E-state index >= 15 is 0 Å². The van der Waals surface area contributed by atoms with Crippen LogP contribution in [0.25, 0.3) is 0 Å². The van der Waals surface area contributed by atoms with Crippen molar-refractivity contribution < 1.29 is 29.3 Å². The number of phenolic OH excluding ortho intramolecular Hbond substituents is 2. The first-order chi connectivity index (χ1) is 12.4. The minimum atomic E-state index is -0.580.